The van der Waals surface area contributed by atoms with Gasteiger partial charge in [-0.2, -0.15) is 0 Å². The fraction of sp³-hybridized carbons (Fsp3) is 0.300. The fourth-order valence-corrected chi connectivity index (χ4v) is 1.22. The van der Waals surface area contributed by atoms with Crippen LogP contribution >= 0.6 is 0 Å². The van der Waals surface area contributed by atoms with E-state index in [1.54, 1.807) is 18.2 Å². The lowest BCUT2D eigenvalue weighted by atomic mass is 10.1. The Bertz CT molecular complexity index is 350. The Morgan fingerprint density at radius 3 is 2.71 bits per heavy atom. The highest BCUT2D eigenvalue weighted by molar-refractivity contribution is 5.73. The third-order valence-corrected chi connectivity index (χ3v) is 1.97. The Balaban J connectivity index is 2.85. The Morgan fingerprint density at radius 1 is 1.57 bits per heavy atom. The second-order valence-electron chi connectivity index (χ2n) is 3.24. The van der Waals surface area contributed by atoms with Gasteiger partial charge in [-0.05, 0) is 24.6 Å². The Kier molecular flexibility index (Phi) is 2.96. The first-order chi connectivity index (χ1) is 6.50. The van der Waals surface area contributed by atoms with Crippen LogP contribution in [0.3, 0.4) is 0 Å². The second-order valence-corrected chi connectivity index (χ2v) is 3.24. The summed E-state index contributed by atoms with van der Waals surface area (Å²) in [6, 6.07) is 4.81. The minimum Gasteiger partial charge on any atom is -0.506 e. The van der Waals surface area contributed by atoms with E-state index in [1.165, 1.54) is 6.92 Å². The van der Waals surface area contributed by atoms with Crippen LogP contribution in [0.15, 0.2) is 18.2 Å². The van der Waals surface area contributed by atoms with Gasteiger partial charge in [-0.25, -0.2) is 0 Å². The molecule has 0 aliphatic carbocycles. The smallest absolute Gasteiger partial charge is 0.217 e. The van der Waals surface area contributed by atoms with Gasteiger partial charge in [-0.3, -0.25) is 4.79 Å². The third kappa shape index (κ3) is 2.39. The maximum atomic E-state index is 10.8. The van der Waals surface area contributed by atoms with Crippen molar-refractivity contribution in [2.75, 3.05) is 5.73 Å². The van der Waals surface area contributed by atoms with Gasteiger partial charge in [0.1, 0.15) is 5.75 Å². The highest BCUT2D eigenvalue weighted by atomic mass is 16.3. The van der Waals surface area contributed by atoms with Crippen LogP contribution < -0.4 is 11.1 Å². The van der Waals surface area contributed by atoms with Crippen molar-refractivity contribution >= 4 is 11.6 Å². The lowest BCUT2D eigenvalue weighted by Gasteiger charge is -2.13. The summed E-state index contributed by atoms with van der Waals surface area (Å²) in [6.07, 6.45) is 0. The molecule has 1 rings (SSSR count). The van der Waals surface area contributed by atoms with Crippen LogP contribution in [0.4, 0.5) is 5.69 Å². The molecule has 0 aromatic heterocycles. The van der Waals surface area contributed by atoms with Crippen LogP contribution in [0.2, 0.25) is 0 Å². The van der Waals surface area contributed by atoms with Crippen LogP contribution in [0.25, 0.3) is 0 Å². The average molecular weight is 194 g/mol. The first-order valence-electron chi connectivity index (χ1n) is 4.36. The predicted octanol–water partition coefficient (Wildman–Crippen LogP) is 1.17. The summed E-state index contributed by atoms with van der Waals surface area (Å²) in [5, 5.41) is 12.1. The van der Waals surface area contributed by atoms with E-state index >= 15 is 0 Å². The molecule has 14 heavy (non-hydrogen) atoms. The minimum absolute atomic E-state index is 0.0414. The molecule has 4 nitrogen and oxygen atoms in total. The van der Waals surface area contributed by atoms with Crippen molar-refractivity contribution in [1.29, 1.82) is 0 Å². The summed E-state index contributed by atoms with van der Waals surface area (Å²) in [6.45, 7) is 3.29. The number of phenolic OH excluding ortho intramolecular Hbond substituents is 1. The summed E-state index contributed by atoms with van der Waals surface area (Å²) in [5.41, 5.74) is 6.62. The fourth-order valence-electron chi connectivity index (χ4n) is 1.22. The molecule has 76 valence electrons. The number of phenols is 1. The molecule has 0 saturated heterocycles. The molecule has 0 bridgehead atoms. The zero-order valence-electron chi connectivity index (χ0n) is 8.24. The molecule has 0 aliphatic rings. The number of amides is 1. The topological polar surface area (TPSA) is 75.4 Å². The molecule has 0 fully saturated rings. The first kappa shape index (κ1) is 10.4. The highest BCUT2D eigenvalue weighted by Gasteiger charge is 2.07. The Hall–Kier alpha value is -1.71. The first-order valence-corrected chi connectivity index (χ1v) is 4.36. The van der Waals surface area contributed by atoms with Crippen molar-refractivity contribution < 1.29 is 9.90 Å². The molecule has 1 atom stereocenters. The van der Waals surface area contributed by atoms with Gasteiger partial charge >= 0.3 is 0 Å². The molecule has 0 spiro atoms. The number of nitrogens with two attached hydrogens (primary N) is 1. The van der Waals surface area contributed by atoms with Crippen LogP contribution in [0, 0.1) is 0 Å². The van der Waals surface area contributed by atoms with Gasteiger partial charge < -0.3 is 16.2 Å². The standard InChI is InChI=1S/C10H14N2O2/c1-6(12-7(2)13)8-3-4-9(11)10(14)5-8/h3-6,14H,11H2,1-2H3,(H,12,13). The van der Waals surface area contributed by atoms with Crippen LogP contribution in [0.5, 0.6) is 5.75 Å². The second kappa shape index (κ2) is 4.00. The van der Waals surface area contributed by atoms with Crippen molar-refractivity contribution in [3.05, 3.63) is 23.8 Å². The molecule has 0 radical (unpaired) electrons. The zero-order valence-corrected chi connectivity index (χ0v) is 8.24. The van der Waals surface area contributed by atoms with E-state index in [2.05, 4.69) is 5.32 Å². The molecule has 0 saturated carbocycles. The summed E-state index contributed by atoms with van der Waals surface area (Å²) in [5.74, 6) is -0.0616. The number of carbonyl (C=O) groups excluding carboxylic acids is 1. The monoisotopic (exact) mass is 194 g/mol. The van der Waals surface area contributed by atoms with Crippen molar-refractivity contribution in [2.45, 2.75) is 19.9 Å². The van der Waals surface area contributed by atoms with E-state index in [9.17, 15) is 9.90 Å². The maximum Gasteiger partial charge on any atom is 0.217 e. The van der Waals surface area contributed by atoms with E-state index < -0.39 is 0 Å². The predicted molar refractivity (Wildman–Crippen MR) is 54.8 cm³/mol. The molecule has 4 heteroatoms. The molecular weight excluding hydrogens is 180 g/mol. The van der Waals surface area contributed by atoms with Gasteiger partial charge in [0.05, 0.1) is 11.7 Å². The molecular formula is C10H14N2O2. The van der Waals surface area contributed by atoms with E-state index in [-0.39, 0.29) is 17.7 Å². The Labute approximate surface area is 82.7 Å². The van der Waals surface area contributed by atoms with Gasteiger partial charge in [0, 0.05) is 6.92 Å². The number of benzene rings is 1. The molecule has 4 N–H and O–H groups in total. The van der Waals surface area contributed by atoms with Crippen molar-refractivity contribution in [2.24, 2.45) is 0 Å². The summed E-state index contributed by atoms with van der Waals surface area (Å²) in [4.78, 5) is 10.8. The molecule has 1 aromatic rings. The number of hydrogen-bond acceptors (Lipinski definition) is 3. The van der Waals surface area contributed by atoms with Crippen LogP contribution in [-0.2, 0) is 4.79 Å². The molecule has 1 amide bonds. The quantitative estimate of drug-likeness (QED) is 0.488. The zero-order chi connectivity index (χ0) is 10.7. The number of rotatable bonds is 2. The summed E-state index contributed by atoms with van der Waals surface area (Å²) >= 11 is 0. The Morgan fingerprint density at radius 2 is 2.21 bits per heavy atom. The minimum atomic E-state index is -0.126. The lowest BCUT2D eigenvalue weighted by molar-refractivity contribution is -0.119. The van der Waals surface area contributed by atoms with E-state index in [4.69, 9.17) is 5.73 Å². The number of anilines is 1. The number of nitrogens with one attached hydrogen (secondary N) is 1. The lowest BCUT2D eigenvalue weighted by Crippen LogP contribution is -2.23. The van der Waals surface area contributed by atoms with Crippen molar-refractivity contribution in [1.82, 2.24) is 5.32 Å². The third-order valence-electron chi connectivity index (χ3n) is 1.97. The van der Waals surface area contributed by atoms with E-state index in [0.29, 0.717) is 5.69 Å². The SMILES string of the molecule is CC(=O)NC(C)c1ccc(N)c(O)c1. The highest BCUT2D eigenvalue weighted by Crippen LogP contribution is 2.24. The largest absolute Gasteiger partial charge is 0.506 e. The van der Waals surface area contributed by atoms with Gasteiger partial charge in [0.15, 0.2) is 0 Å². The number of carbonyl (C=O) groups is 1. The van der Waals surface area contributed by atoms with Crippen molar-refractivity contribution in [3.8, 4) is 5.75 Å². The number of nitrogen functional groups attached to an aromatic ring is 1. The van der Waals surface area contributed by atoms with Gasteiger partial charge in [0.2, 0.25) is 5.91 Å². The summed E-state index contributed by atoms with van der Waals surface area (Å²) in [7, 11) is 0. The molecule has 1 unspecified atom stereocenters. The van der Waals surface area contributed by atoms with Gasteiger partial charge in [-0.1, -0.05) is 6.07 Å². The molecule has 0 aliphatic heterocycles. The van der Waals surface area contributed by atoms with E-state index in [0.717, 1.165) is 5.56 Å². The normalized spacial score (nSPS) is 12.1. The van der Waals surface area contributed by atoms with Gasteiger partial charge in [0.25, 0.3) is 0 Å². The number of hydrogen-bond donors (Lipinski definition) is 3. The average Bonchev–Trinajstić information content (AvgIpc) is 2.08. The summed E-state index contributed by atoms with van der Waals surface area (Å²) < 4.78 is 0. The van der Waals surface area contributed by atoms with Crippen LogP contribution in [0.1, 0.15) is 25.5 Å². The maximum absolute atomic E-state index is 10.8. The van der Waals surface area contributed by atoms with Gasteiger partial charge in [-0.15, -0.1) is 0 Å². The molecule has 1 aromatic carbocycles. The molecule has 0 heterocycles. The van der Waals surface area contributed by atoms with E-state index in [1.807, 2.05) is 6.92 Å². The number of aromatic hydroxyl groups is 1. The van der Waals surface area contributed by atoms with Crippen molar-refractivity contribution in [3.63, 3.8) is 0 Å². The van der Waals surface area contributed by atoms with Crippen LogP contribution in [-0.4, -0.2) is 11.0 Å².